The molecule has 1 heteroatoms. The maximum Gasteiger partial charge on any atom is 0.0190 e. The Labute approximate surface area is 62.7 Å². The molecule has 1 saturated heterocycles. The van der Waals surface area contributed by atoms with Crippen molar-refractivity contribution in [2.24, 2.45) is 5.92 Å². The number of rotatable bonds is 0. The van der Waals surface area contributed by atoms with E-state index in [9.17, 15) is 0 Å². The van der Waals surface area contributed by atoms with E-state index in [4.69, 9.17) is 0 Å². The number of hydrogen-bond acceptors (Lipinski definition) is 1. The fourth-order valence-electron chi connectivity index (χ4n) is 2.18. The van der Waals surface area contributed by atoms with Crippen LogP contribution in [0.1, 0.15) is 19.8 Å². The van der Waals surface area contributed by atoms with Crippen molar-refractivity contribution < 1.29 is 0 Å². The lowest BCUT2D eigenvalue weighted by molar-refractivity contribution is 0.196. The van der Waals surface area contributed by atoms with Gasteiger partial charge in [-0.25, -0.2) is 0 Å². The Kier molecular flexibility index (Phi) is 1.53. The molecule has 0 aromatic heterocycles. The van der Waals surface area contributed by atoms with Crippen molar-refractivity contribution >= 4 is 0 Å². The molecule has 0 spiro atoms. The van der Waals surface area contributed by atoms with Crippen molar-refractivity contribution in [3.05, 3.63) is 11.6 Å². The fraction of sp³-hybridized carbons (Fsp3) is 0.778. The largest absolute Gasteiger partial charge is 0.299 e. The van der Waals surface area contributed by atoms with Crippen molar-refractivity contribution in [2.75, 3.05) is 19.6 Å². The molecule has 2 heterocycles. The van der Waals surface area contributed by atoms with Crippen molar-refractivity contribution in [2.45, 2.75) is 19.8 Å². The van der Waals surface area contributed by atoms with E-state index in [1.165, 1.54) is 32.5 Å². The first-order valence-corrected chi connectivity index (χ1v) is 4.24. The van der Waals surface area contributed by atoms with Gasteiger partial charge in [0.15, 0.2) is 0 Å². The van der Waals surface area contributed by atoms with Crippen molar-refractivity contribution in [1.82, 2.24) is 4.90 Å². The highest BCUT2D eigenvalue weighted by molar-refractivity contribution is 5.09. The Morgan fingerprint density at radius 3 is 3.30 bits per heavy atom. The zero-order valence-corrected chi connectivity index (χ0v) is 6.64. The first-order chi connectivity index (χ1) is 4.84. The van der Waals surface area contributed by atoms with E-state index in [2.05, 4.69) is 17.9 Å². The summed E-state index contributed by atoms with van der Waals surface area (Å²) in [5, 5.41) is 0. The lowest BCUT2D eigenvalue weighted by Crippen LogP contribution is -2.38. The van der Waals surface area contributed by atoms with Gasteiger partial charge in [0.1, 0.15) is 0 Å². The van der Waals surface area contributed by atoms with Crippen LogP contribution in [0.3, 0.4) is 0 Å². The maximum atomic E-state index is 2.57. The second-order valence-corrected chi connectivity index (χ2v) is 3.65. The van der Waals surface area contributed by atoms with Crippen LogP contribution >= 0.6 is 0 Å². The molecule has 2 aliphatic heterocycles. The molecular formula is C9H15N. The molecule has 56 valence electrons. The molecule has 10 heavy (non-hydrogen) atoms. The number of hydrogen-bond donors (Lipinski definition) is 0. The second kappa shape index (κ2) is 2.39. The highest BCUT2D eigenvalue weighted by Crippen LogP contribution is 2.23. The van der Waals surface area contributed by atoms with E-state index < -0.39 is 0 Å². The van der Waals surface area contributed by atoms with E-state index in [1.807, 2.05) is 0 Å². The highest BCUT2D eigenvalue weighted by Gasteiger charge is 2.21. The Morgan fingerprint density at radius 2 is 2.50 bits per heavy atom. The second-order valence-electron chi connectivity index (χ2n) is 3.65. The third-order valence-corrected chi connectivity index (χ3v) is 2.54. The minimum Gasteiger partial charge on any atom is -0.299 e. The standard InChI is InChI=1S/C9H15N/c1-8-5-9-3-2-4-10(6-8)7-9/h5,9H,2-4,6-7H2,1H3. The van der Waals surface area contributed by atoms with Gasteiger partial charge >= 0.3 is 0 Å². The molecule has 2 rings (SSSR count). The Balaban J connectivity index is 2.14. The third-order valence-electron chi connectivity index (χ3n) is 2.54. The van der Waals surface area contributed by atoms with Gasteiger partial charge < -0.3 is 0 Å². The molecule has 1 fully saturated rings. The Hall–Kier alpha value is -0.300. The summed E-state index contributed by atoms with van der Waals surface area (Å²) in [4.78, 5) is 2.57. The summed E-state index contributed by atoms with van der Waals surface area (Å²) in [7, 11) is 0. The molecule has 2 aliphatic rings. The lowest BCUT2D eigenvalue weighted by atomic mass is 9.92. The topological polar surface area (TPSA) is 3.24 Å². The minimum absolute atomic E-state index is 0.891. The molecule has 0 aromatic carbocycles. The Bertz CT molecular complexity index is 160. The number of fused-ring (bicyclic) bond motifs is 2. The molecule has 0 aliphatic carbocycles. The molecule has 0 amide bonds. The SMILES string of the molecule is CC1=CC2CCCN(C1)C2. The van der Waals surface area contributed by atoms with Crippen molar-refractivity contribution in [1.29, 1.82) is 0 Å². The normalized spacial score (nSPS) is 39.1. The van der Waals surface area contributed by atoms with Gasteiger partial charge in [-0.05, 0) is 32.2 Å². The van der Waals surface area contributed by atoms with Gasteiger partial charge in [-0.3, -0.25) is 4.90 Å². The average Bonchev–Trinajstić information content (AvgIpc) is 1.85. The van der Waals surface area contributed by atoms with Crippen molar-refractivity contribution in [3.63, 3.8) is 0 Å². The first-order valence-electron chi connectivity index (χ1n) is 4.24. The molecule has 0 saturated carbocycles. The van der Waals surface area contributed by atoms with Gasteiger partial charge in [0, 0.05) is 13.1 Å². The quantitative estimate of drug-likeness (QED) is 0.459. The van der Waals surface area contributed by atoms with E-state index in [0.29, 0.717) is 0 Å². The van der Waals surface area contributed by atoms with Crippen LogP contribution in [0.2, 0.25) is 0 Å². The summed E-state index contributed by atoms with van der Waals surface area (Å²) in [6.45, 7) is 6.15. The smallest absolute Gasteiger partial charge is 0.0190 e. The van der Waals surface area contributed by atoms with E-state index >= 15 is 0 Å². The highest BCUT2D eigenvalue weighted by atomic mass is 15.1. The fourth-order valence-corrected chi connectivity index (χ4v) is 2.18. The van der Waals surface area contributed by atoms with E-state index in [-0.39, 0.29) is 0 Å². The number of nitrogens with zero attached hydrogens (tertiary/aromatic N) is 1. The predicted octanol–water partition coefficient (Wildman–Crippen LogP) is 1.66. The molecule has 0 aromatic rings. The van der Waals surface area contributed by atoms with Crippen LogP contribution in [0.5, 0.6) is 0 Å². The molecule has 0 N–H and O–H groups in total. The Morgan fingerprint density at radius 1 is 1.60 bits per heavy atom. The molecule has 1 nitrogen and oxygen atoms in total. The zero-order chi connectivity index (χ0) is 6.97. The summed E-state index contributed by atoms with van der Waals surface area (Å²) in [6, 6.07) is 0. The summed E-state index contributed by atoms with van der Waals surface area (Å²) in [5.41, 5.74) is 1.58. The average molecular weight is 137 g/mol. The van der Waals surface area contributed by atoms with Gasteiger partial charge in [-0.2, -0.15) is 0 Å². The van der Waals surface area contributed by atoms with Crippen molar-refractivity contribution in [3.8, 4) is 0 Å². The first kappa shape index (κ1) is 6.41. The summed E-state index contributed by atoms with van der Waals surface area (Å²) in [6.07, 6.45) is 5.30. The van der Waals surface area contributed by atoms with Crippen LogP contribution in [0.4, 0.5) is 0 Å². The minimum atomic E-state index is 0.891. The van der Waals surface area contributed by atoms with Gasteiger partial charge in [-0.1, -0.05) is 11.6 Å². The molecular weight excluding hydrogens is 122 g/mol. The van der Waals surface area contributed by atoms with Crippen LogP contribution < -0.4 is 0 Å². The van der Waals surface area contributed by atoms with Crippen LogP contribution in [0.25, 0.3) is 0 Å². The number of piperidine rings is 1. The molecule has 2 unspecified atom stereocenters. The third kappa shape index (κ3) is 1.10. The summed E-state index contributed by atoms with van der Waals surface area (Å²) >= 11 is 0. The summed E-state index contributed by atoms with van der Waals surface area (Å²) < 4.78 is 0. The van der Waals surface area contributed by atoms with Gasteiger partial charge in [0.2, 0.25) is 0 Å². The van der Waals surface area contributed by atoms with Gasteiger partial charge in [0.25, 0.3) is 0 Å². The predicted molar refractivity (Wildman–Crippen MR) is 42.9 cm³/mol. The van der Waals surface area contributed by atoms with Crippen LogP contribution in [-0.2, 0) is 0 Å². The monoisotopic (exact) mass is 137 g/mol. The molecule has 2 atom stereocenters. The van der Waals surface area contributed by atoms with Crippen LogP contribution in [0, 0.1) is 5.92 Å². The lowest BCUT2D eigenvalue weighted by Gasteiger charge is -2.35. The molecule has 2 bridgehead atoms. The van der Waals surface area contributed by atoms with Gasteiger partial charge in [0.05, 0.1) is 0 Å². The van der Waals surface area contributed by atoms with Crippen LogP contribution in [-0.4, -0.2) is 24.5 Å². The molecule has 0 radical (unpaired) electrons. The zero-order valence-electron chi connectivity index (χ0n) is 6.64. The summed E-state index contributed by atoms with van der Waals surface area (Å²) in [5.74, 6) is 0.891. The maximum absolute atomic E-state index is 2.57. The van der Waals surface area contributed by atoms with E-state index in [1.54, 1.807) is 5.57 Å². The van der Waals surface area contributed by atoms with E-state index in [0.717, 1.165) is 5.92 Å². The van der Waals surface area contributed by atoms with Gasteiger partial charge in [-0.15, -0.1) is 0 Å². The van der Waals surface area contributed by atoms with Crippen LogP contribution in [0.15, 0.2) is 11.6 Å².